The fourth-order valence-electron chi connectivity index (χ4n) is 2.39. The Morgan fingerprint density at radius 1 is 1.33 bits per heavy atom. The Hall–Kier alpha value is -1.59. The molecule has 2 unspecified atom stereocenters. The molecule has 2 N–H and O–H groups in total. The molecule has 1 aromatic rings. The van der Waals surface area contributed by atoms with Crippen LogP contribution < -0.4 is 10.2 Å². The molecule has 1 aliphatic rings. The number of ether oxygens (including phenoxy) is 1. The smallest absolute Gasteiger partial charge is 0.414 e. The molecule has 21 heavy (non-hydrogen) atoms. The van der Waals surface area contributed by atoms with Crippen molar-refractivity contribution < 1.29 is 14.6 Å². The first-order valence-electron chi connectivity index (χ1n) is 7.50. The number of aliphatic hydroxyl groups excluding tert-OH is 1. The van der Waals surface area contributed by atoms with Crippen molar-refractivity contribution >= 4 is 11.8 Å². The van der Waals surface area contributed by atoms with Crippen molar-refractivity contribution in [2.45, 2.75) is 26.3 Å². The molecule has 1 aliphatic heterocycles. The minimum absolute atomic E-state index is 0.234. The van der Waals surface area contributed by atoms with E-state index in [1.54, 1.807) is 4.90 Å². The van der Waals surface area contributed by atoms with Crippen molar-refractivity contribution in [2.24, 2.45) is 5.92 Å². The first-order chi connectivity index (χ1) is 10.1. The molecule has 1 saturated heterocycles. The zero-order valence-corrected chi connectivity index (χ0v) is 12.7. The number of benzene rings is 1. The van der Waals surface area contributed by atoms with Crippen molar-refractivity contribution in [3.63, 3.8) is 0 Å². The zero-order chi connectivity index (χ0) is 15.2. The third-order valence-corrected chi connectivity index (χ3v) is 3.86. The molecule has 0 radical (unpaired) electrons. The van der Waals surface area contributed by atoms with Crippen LogP contribution in [-0.2, 0) is 4.74 Å². The van der Waals surface area contributed by atoms with Gasteiger partial charge in [-0.05, 0) is 43.5 Å². The molecule has 0 aromatic heterocycles. The summed E-state index contributed by atoms with van der Waals surface area (Å²) >= 11 is 0. The number of carbonyl (C=O) groups excluding carboxylic acids is 1. The highest BCUT2D eigenvalue weighted by molar-refractivity contribution is 5.89. The van der Waals surface area contributed by atoms with Crippen LogP contribution in [0.1, 0.15) is 31.9 Å². The van der Waals surface area contributed by atoms with E-state index in [0.29, 0.717) is 19.1 Å². The van der Waals surface area contributed by atoms with E-state index in [0.717, 1.165) is 18.7 Å². The molecule has 1 fully saturated rings. The van der Waals surface area contributed by atoms with Crippen LogP contribution in [0.25, 0.3) is 0 Å². The standard InChI is InChI=1S/C16H24N2O3/c1-12(7-9-19)11-17-13(2)14-3-5-15(6-4-14)18-8-10-21-16(18)20/h3-6,12-13,17,19H,7-11H2,1-2H3. The van der Waals surface area contributed by atoms with Gasteiger partial charge in [0, 0.05) is 18.3 Å². The van der Waals surface area contributed by atoms with Crippen molar-refractivity contribution in [3.05, 3.63) is 29.8 Å². The Bertz CT molecular complexity index is 461. The van der Waals surface area contributed by atoms with E-state index >= 15 is 0 Å². The maximum Gasteiger partial charge on any atom is 0.414 e. The molecule has 5 nitrogen and oxygen atoms in total. The number of cyclic esters (lactones) is 1. The fraction of sp³-hybridized carbons (Fsp3) is 0.562. The topological polar surface area (TPSA) is 61.8 Å². The second-order valence-electron chi connectivity index (χ2n) is 5.60. The summed E-state index contributed by atoms with van der Waals surface area (Å²) in [5.41, 5.74) is 2.06. The average Bonchev–Trinajstić information content (AvgIpc) is 2.91. The van der Waals surface area contributed by atoms with Gasteiger partial charge in [-0.15, -0.1) is 0 Å². The lowest BCUT2D eigenvalue weighted by atomic mass is 10.1. The molecule has 1 heterocycles. The number of carbonyl (C=O) groups is 1. The Morgan fingerprint density at radius 3 is 2.62 bits per heavy atom. The van der Waals surface area contributed by atoms with Gasteiger partial charge in [0.1, 0.15) is 6.61 Å². The summed E-state index contributed by atoms with van der Waals surface area (Å²) in [7, 11) is 0. The van der Waals surface area contributed by atoms with E-state index in [4.69, 9.17) is 9.84 Å². The lowest BCUT2D eigenvalue weighted by Crippen LogP contribution is -2.25. The predicted octanol–water partition coefficient (Wildman–Crippen LogP) is 2.31. The highest BCUT2D eigenvalue weighted by Gasteiger charge is 2.23. The van der Waals surface area contributed by atoms with Crippen molar-refractivity contribution in [3.8, 4) is 0 Å². The molecule has 5 heteroatoms. The van der Waals surface area contributed by atoms with Crippen LogP contribution in [0.2, 0.25) is 0 Å². The monoisotopic (exact) mass is 292 g/mol. The van der Waals surface area contributed by atoms with E-state index in [1.165, 1.54) is 5.56 Å². The number of rotatable bonds is 7. The quantitative estimate of drug-likeness (QED) is 0.809. The molecular formula is C16H24N2O3. The number of nitrogens with zero attached hydrogens (tertiary/aromatic N) is 1. The Labute approximate surface area is 125 Å². The van der Waals surface area contributed by atoms with Gasteiger partial charge in [0.2, 0.25) is 0 Å². The van der Waals surface area contributed by atoms with Gasteiger partial charge < -0.3 is 15.2 Å². The molecule has 0 saturated carbocycles. The number of amides is 1. The van der Waals surface area contributed by atoms with Crippen LogP contribution in [0.15, 0.2) is 24.3 Å². The minimum atomic E-state index is -0.272. The Kier molecular flexibility index (Phi) is 5.59. The Balaban J connectivity index is 1.90. The summed E-state index contributed by atoms with van der Waals surface area (Å²) < 4.78 is 4.94. The van der Waals surface area contributed by atoms with E-state index in [1.807, 2.05) is 24.3 Å². The van der Waals surface area contributed by atoms with Crippen LogP contribution in [0.4, 0.5) is 10.5 Å². The van der Waals surface area contributed by atoms with Gasteiger partial charge >= 0.3 is 6.09 Å². The molecule has 1 amide bonds. The van der Waals surface area contributed by atoms with Crippen LogP contribution in [0.3, 0.4) is 0 Å². The van der Waals surface area contributed by atoms with E-state index in [2.05, 4.69) is 19.2 Å². The van der Waals surface area contributed by atoms with Gasteiger partial charge in [0.25, 0.3) is 0 Å². The molecule has 0 bridgehead atoms. The molecule has 0 aliphatic carbocycles. The number of anilines is 1. The highest BCUT2D eigenvalue weighted by Crippen LogP contribution is 2.22. The number of hydrogen-bond acceptors (Lipinski definition) is 4. The first-order valence-corrected chi connectivity index (χ1v) is 7.50. The summed E-state index contributed by atoms with van der Waals surface area (Å²) in [6, 6.07) is 8.23. The number of nitrogens with one attached hydrogen (secondary N) is 1. The van der Waals surface area contributed by atoms with Crippen molar-refractivity contribution in [2.75, 3.05) is 31.2 Å². The van der Waals surface area contributed by atoms with Gasteiger partial charge in [0.05, 0.1) is 6.54 Å². The van der Waals surface area contributed by atoms with E-state index in [-0.39, 0.29) is 18.7 Å². The summed E-state index contributed by atoms with van der Waals surface area (Å²) in [6.45, 7) is 6.43. The lowest BCUT2D eigenvalue weighted by Gasteiger charge is -2.19. The van der Waals surface area contributed by atoms with Crippen LogP contribution in [0.5, 0.6) is 0 Å². The van der Waals surface area contributed by atoms with Gasteiger partial charge in [-0.25, -0.2) is 4.79 Å². The first kappa shape index (κ1) is 15.8. The summed E-state index contributed by atoms with van der Waals surface area (Å²) in [6.07, 6.45) is 0.544. The second-order valence-corrected chi connectivity index (χ2v) is 5.60. The van der Waals surface area contributed by atoms with Crippen LogP contribution in [-0.4, -0.2) is 37.5 Å². The molecule has 2 atom stereocenters. The highest BCUT2D eigenvalue weighted by atomic mass is 16.6. The Morgan fingerprint density at radius 2 is 2.05 bits per heavy atom. The van der Waals surface area contributed by atoms with Gasteiger partial charge in [-0.3, -0.25) is 4.90 Å². The largest absolute Gasteiger partial charge is 0.447 e. The van der Waals surface area contributed by atoms with Crippen LogP contribution in [0, 0.1) is 5.92 Å². The predicted molar refractivity (Wildman–Crippen MR) is 82.4 cm³/mol. The number of hydrogen-bond donors (Lipinski definition) is 2. The van der Waals surface area contributed by atoms with Crippen molar-refractivity contribution in [1.29, 1.82) is 0 Å². The number of aliphatic hydroxyl groups is 1. The molecule has 0 spiro atoms. The van der Waals surface area contributed by atoms with Gasteiger partial charge in [-0.2, -0.15) is 0 Å². The lowest BCUT2D eigenvalue weighted by molar-refractivity contribution is 0.181. The summed E-state index contributed by atoms with van der Waals surface area (Å²) in [5, 5.41) is 12.4. The van der Waals surface area contributed by atoms with Gasteiger partial charge in [0.15, 0.2) is 0 Å². The zero-order valence-electron chi connectivity index (χ0n) is 12.7. The van der Waals surface area contributed by atoms with E-state index < -0.39 is 0 Å². The summed E-state index contributed by atoms with van der Waals surface area (Å²) in [5.74, 6) is 0.455. The SMILES string of the molecule is CC(CCO)CNC(C)c1ccc(N2CCOC2=O)cc1. The maximum atomic E-state index is 11.5. The van der Waals surface area contributed by atoms with Crippen LogP contribution >= 0.6 is 0 Å². The normalized spacial score (nSPS) is 17.7. The third-order valence-electron chi connectivity index (χ3n) is 3.86. The average molecular weight is 292 g/mol. The minimum Gasteiger partial charge on any atom is -0.447 e. The van der Waals surface area contributed by atoms with E-state index in [9.17, 15) is 4.79 Å². The fourth-order valence-corrected chi connectivity index (χ4v) is 2.39. The molecule has 1 aromatic carbocycles. The second kappa shape index (κ2) is 7.43. The van der Waals surface area contributed by atoms with Crippen molar-refractivity contribution in [1.82, 2.24) is 5.32 Å². The molecule has 2 rings (SSSR count). The molecule has 116 valence electrons. The summed E-state index contributed by atoms with van der Waals surface area (Å²) in [4.78, 5) is 13.1. The third kappa shape index (κ3) is 4.19. The molecular weight excluding hydrogens is 268 g/mol. The maximum absolute atomic E-state index is 11.5. The van der Waals surface area contributed by atoms with Gasteiger partial charge in [-0.1, -0.05) is 19.1 Å².